The summed E-state index contributed by atoms with van der Waals surface area (Å²) in [6.45, 7) is 0.283. The molecule has 1 fully saturated rings. The van der Waals surface area contributed by atoms with Crippen molar-refractivity contribution in [3.8, 4) is 11.5 Å². The summed E-state index contributed by atoms with van der Waals surface area (Å²) in [5, 5.41) is 11.1. The second kappa shape index (κ2) is 10.5. The molecule has 1 heterocycles. The molecule has 10 nitrogen and oxygen atoms in total. The molecule has 1 aliphatic heterocycles. The summed E-state index contributed by atoms with van der Waals surface area (Å²) in [5.74, 6) is -1.21. The van der Waals surface area contributed by atoms with Crippen molar-refractivity contribution in [3.05, 3.63) is 59.2 Å². The first-order valence-corrected chi connectivity index (χ1v) is 12.0. The molecule has 188 valence electrons. The second-order valence-corrected chi connectivity index (χ2v) is 10.1. The third-order valence-corrected chi connectivity index (χ3v) is 7.54. The Morgan fingerprint density at radius 1 is 1.00 bits per heavy atom. The van der Waals surface area contributed by atoms with E-state index in [0.717, 1.165) is 4.31 Å². The maximum absolute atomic E-state index is 13.1. The van der Waals surface area contributed by atoms with Gasteiger partial charge in [0.15, 0.2) is 11.5 Å². The number of benzene rings is 2. The number of rotatable bonds is 9. The normalized spacial score (nSPS) is 17.8. The fourth-order valence-corrected chi connectivity index (χ4v) is 4.72. The van der Waals surface area contributed by atoms with Crippen molar-refractivity contribution in [1.82, 2.24) is 9.21 Å². The number of hydrogen-bond donors (Lipinski definition) is 1. The molecule has 0 radical (unpaired) electrons. The Morgan fingerprint density at radius 2 is 1.63 bits per heavy atom. The van der Waals surface area contributed by atoms with Crippen LogP contribution in [0.5, 0.6) is 11.5 Å². The van der Waals surface area contributed by atoms with Crippen LogP contribution in [0.15, 0.2) is 52.9 Å². The quantitative estimate of drug-likeness (QED) is 0.313. The van der Waals surface area contributed by atoms with Crippen LogP contribution >= 0.6 is 0 Å². The van der Waals surface area contributed by atoms with E-state index in [9.17, 15) is 23.1 Å². The second-order valence-electron chi connectivity index (χ2n) is 7.91. The molecular weight excluding hydrogens is 476 g/mol. The maximum atomic E-state index is 13.1. The van der Waals surface area contributed by atoms with Gasteiger partial charge >= 0.3 is 0 Å². The maximum Gasteiger partial charge on any atom is 0.295 e. The van der Waals surface area contributed by atoms with Gasteiger partial charge in [0, 0.05) is 33.3 Å². The number of likely N-dealkylation sites (tertiary alicyclic amines) is 1. The van der Waals surface area contributed by atoms with E-state index in [1.165, 1.54) is 64.6 Å². The molecule has 35 heavy (non-hydrogen) atoms. The number of Topliss-reactive ketones (excluding diaryl/α,β-unsaturated/α-hetero) is 1. The third kappa shape index (κ3) is 4.88. The van der Waals surface area contributed by atoms with Gasteiger partial charge in [-0.05, 0) is 42.0 Å². The molecule has 1 aliphatic rings. The minimum atomic E-state index is -3.68. The Balaban J connectivity index is 2.16. The highest BCUT2D eigenvalue weighted by Crippen LogP contribution is 2.41. The molecule has 1 unspecified atom stereocenters. The van der Waals surface area contributed by atoms with Crippen LogP contribution in [0.25, 0.3) is 5.76 Å². The lowest BCUT2D eigenvalue weighted by Gasteiger charge is -2.25. The third-order valence-electron chi connectivity index (χ3n) is 5.71. The van der Waals surface area contributed by atoms with Gasteiger partial charge < -0.3 is 24.2 Å². The molecule has 1 amide bonds. The predicted octanol–water partition coefficient (Wildman–Crippen LogP) is 2.02. The zero-order valence-corrected chi connectivity index (χ0v) is 21.0. The molecular formula is C24H28N2O8S. The highest BCUT2D eigenvalue weighted by Gasteiger charge is 2.46. The molecule has 1 N–H and O–H groups in total. The smallest absolute Gasteiger partial charge is 0.295 e. The lowest BCUT2D eigenvalue weighted by molar-refractivity contribution is -0.140. The first-order chi connectivity index (χ1) is 16.6. The zero-order chi connectivity index (χ0) is 25.9. The Kier molecular flexibility index (Phi) is 7.83. The summed E-state index contributed by atoms with van der Waals surface area (Å²) < 4.78 is 41.6. The largest absolute Gasteiger partial charge is 0.507 e. The zero-order valence-electron chi connectivity index (χ0n) is 20.1. The number of hydrogen-bond acceptors (Lipinski definition) is 8. The molecule has 2 aromatic rings. The van der Waals surface area contributed by atoms with Gasteiger partial charge in [-0.1, -0.05) is 6.07 Å². The molecule has 3 rings (SSSR count). The van der Waals surface area contributed by atoms with Crippen molar-refractivity contribution >= 4 is 27.5 Å². The number of amides is 1. The highest BCUT2D eigenvalue weighted by atomic mass is 32.2. The van der Waals surface area contributed by atoms with Crippen molar-refractivity contribution in [2.24, 2.45) is 0 Å². The average Bonchev–Trinajstić information content (AvgIpc) is 3.11. The minimum absolute atomic E-state index is 0.0241. The number of carbonyl (C=O) groups is 2. The van der Waals surface area contributed by atoms with Crippen LogP contribution in [0, 0.1) is 0 Å². The fraction of sp³-hybridized carbons (Fsp3) is 0.333. The van der Waals surface area contributed by atoms with E-state index in [1.54, 1.807) is 18.2 Å². The highest BCUT2D eigenvalue weighted by molar-refractivity contribution is 7.89. The van der Waals surface area contributed by atoms with E-state index in [2.05, 4.69) is 0 Å². The van der Waals surface area contributed by atoms with Gasteiger partial charge in [0.25, 0.3) is 11.7 Å². The molecule has 11 heteroatoms. The van der Waals surface area contributed by atoms with E-state index in [1.807, 2.05) is 0 Å². The van der Waals surface area contributed by atoms with Gasteiger partial charge in [0.2, 0.25) is 10.0 Å². The van der Waals surface area contributed by atoms with Gasteiger partial charge in [-0.15, -0.1) is 0 Å². The van der Waals surface area contributed by atoms with Crippen LogP contribution in [0.1, 0.15) is 17.2 Å². The lowest BCUT2D eigenvalue weighted by Crippen LogP contribution is -2.32. The number of methoxy groups -OCH3 is 3. The lowest BCUT2D eigenvalue weighted by atomic mass is 9.95. The fourth-order valence-electron chi connectivity index (χ4n) is 3.82. The Hall–Kier alpha value is -3.41. The molecule has 0 bridgehead atoms. The molecule has 0 saturated carbocycles. The van der Waals surface area contributed by atoms with E-state index < -0.39 is 33.5 Å². The van der Waals surface area contributed by atoms with Gasteiger partial charge in [-0.2, -0.15) is 0 Å². The van der Waals surface area contributed by atoms with Crippen LogP contribution in [-0.4, -0.2) is 83.0 Å². The number of nitrogens with zero attached hydrogens (tertiary/aromatic N) is 2. The molecule has 0 aliphatic carbocycles. The van der Waals surface area contributed by atoms with Crippen LogP contribution < -0.4 is 9.47 Å². The van der Waals surface area contributed by atoms with E-state index in [-0.39, 0.29) is 29.2 Å². The summed E-state index contributed by atoms with van der Waals surface area (Å²) in [5.41, 5.74) is 0.589. The van der Waals surface area contributed by atoms with Gasteiger partial charge in [0.1, 0.15) is 5.76 Å². The number of aliphatic hydroxyl groups excluding tert-OH is 1. The number of ether oxygens (including phenoxy) is 3. The van der Waals surface area contributed by atoms with Crippen LogP contribution in [-0.2, 0) is 24.3 Å². The Labute approximate surface area is 204 Å². The first-order valence-electron chi connectivity index (χ1n) is 10.6. The van der Waals surface area contributed by atoms with Crippen LogP contribution in [0.4, 0.5) is 0 Å². The van der Waals surface area contributed by atoms with Crippen molar-refractivity contribution in [1.29, 1.82) is 0 Å². The standard InChI is InChI=1S/C24H28N2O8S/c1-25(2)35(30,31)17-9-6-15(7-10-17)22(27)20-21(26(12-13-32-3)24(29)23(20)28)16-8-11-18(33-4)19(14-16)34-5/h6-11,14,21,27H,12-13H2,1-5H3. The van der Waals surface area contributed by atoms with Crippen molar-refractivity contribution in [2.45, 2.75) is 10.9 Å². The van der Waals surface area contributed by atoms with Gasteiger partial charge in [0.05, 0.1) is 37.3 Å². The van der Waals surface area contributed by atoms with E-state index in [0.29, 0.717) is 17.1 Å². The van der Waals surface area contributed by atoms with E-state index in [4.69, 9.17) is 14.2 Å². The monoisotopic (exact) mass is 504 g/mol. The SMILES string of the molecule is COCCN1C(=O)C(=O)C(=C(O)c2ccc(S(=O)(=O)N(C)C)cc2)C1c1ccc(OC)c(OC)c1. The topological polar surface area (TPSA) is 123 Å². The average molecular weight is 505 g/mol. The summed E-state index contributed by atoms with van der Waals surface area (Å²) >= 11 is 0. The van der Waals surface area contributed by atoms with Crippen molar-refractivity contribution in [3.63, 3.8) is 0 Å². The Bertz CT molecular complexity index is 1250. The van der Waals surface area contributed by atoms with Crippen LogP contribution in [0.3, 0.4) is 0 Å². The number of sulfonamides is 1. The first kappa shape index (κ1) is 26.2. The molecule has 2 aromatic carbocycles. The van der Waals surface area contributed by atoms with Gasteiger partial charge in [-0.3, -0.25) is 9.59 Å². The Morgan fingerprint density at radius 3 is 2.17 bits per heavy atom. The molecule has 0 aromatic heterocycles. The van der Waals surface area contributed by atoms with E-state index >= 15 is 0 Å². The van der Waals surface area contributed by atoms with Crippen LogP contribution in [0.2, 0.25) is 0 Å². The summed E-state index contributed by atoms with van der Waals surface area (Å²) in [6.07, 6.45) is 0. The molecule has 1 atom stereocenters. The minimum Gasteiger partial charge on any atom is -0.507 e. The van der Waals surface area contributed by atoms with Crippen molar-refractivity contribution in [2.75, 3.05) is 48.6 Å². The summed E-state index contributed by atoms with van der Waals surface area (Å²) in [4.78, 5) is 27.3. The van der Waals surface area contributed by atoms with Crippen molar-refractivity contribution < 1.29 is 37.3 Å². The number of aliphatic hydroxyl groups is 1. The predicted molar refractivity (Wildman–Crippen MR) is 128 cm³/mol. The molecule has 1 saturated heterocycles. The number of ketones is 1. The summed E-state index contributed by atoms with van der Waals surface area (Å²) in [7, 11) is 3.57. The molecule has 0 spiro atoms. The number of carbonyl (C=O) groups excluding carboxylic acids is 2. The summed E-state index contributed by atoms with van der Waals surface area (Å²) in [6, 6.07) is 9.47. The van der Waals surface area contributed by atoms with Gasteiger partial charge in [-0.25, -0.2) is 12.7 Å².